The highest BCUT2D eigenvalue weighted by atomic mass is 16.5. The smallest absolute Gasteiger partial charge is 0.303 e. The van der Waals surface area contributed by atoms with Crippen LogP contribution < -0.4 is 10.1 Å². The lowest BCUT2D eigenvalue weighted by molar-refractivity contribution is -0.137. The lowest BCUT2D eigenvalue weighted by atomic mass is 9.96. The van der Waals surface area contributed by atoms with Gasteiger partial charge in [0.05, 0.1) is 12.7 Å². The van der Waals surface area contributed by atoms with Crippen molar-refractivity contribution >= 4 is 5.97 Å². The molecule has 5 heteroatoms. The summed E-state index contributed by atoms with van der Waals surface area (Å²) >= 11 is 0. The van der Waals surface area contributed by atoms with Crippen LogP contribution in [0.1, 0.15) is 43.9 Å². The van der Waals surface area contributed by atoms with Crippen molar-refractivity contribution in [3.63, 3.8) is 0 Å². The number of hydrogen-bond donors (Lipinski definition) is 3. The summed E-state index contributed by atoms with van der Waals surface area (Å²) in [5, 5.41) is 22.6. The molecule has 2 unspecified atom stereocenters. The third-order valence-electron chi connectivity index (χ3n) is 3.30. The normalized spacial score (nSPS) is 13.7. The van der Waals surface area contributed by atoms with Crippen molar-refractivity contribution in [2.24, 2.45) is 0 Å². The van der Waals surface area contributed by atoms with Gasteiger partial charge in [-0.1, -0.05) is 18.6 Å². The quantitative estimate of drug-likeness (QED) is 0.651. The molecule has 118 valence electrons. The maximum atomic E-state index is 10.8. The lowest BCUT2D eigenvalue weighted by Crippen LogP contribution is -2.35. The summed E-state index contributed by atoms with van der Waals surface area (Å²) in [7, 11) is 0. The van der Waals surface area contributed by atoms with Gasteiger partial charge in [0.15, 0.2) is 0 Å². The molecule has 0 fully saturated rings. The fraction of sp³-hybridized carbons (Fsp3) is 0.562. The number of ether oxygens (including phenoxy) is 1. The molecule has 0 saturated heterocycles. The predicted octanol–water partition coefficient (Wildman–Crippen LogP) is 2.27. The second-order valence-corrected chi connectivity index (χ2v) is 5.02. The number of carboxylic acid groups (broad SMARTS) is 1. The number of aliphatic carboxylic acids is 1. The van der Waals surface area contributed by atoms with E-state index in [1.165, 1.54) is 0 Å². The Bertz CT molecular complexity index is 462. The number of aryl methyl sites for hydroxylation is 1. The summed E-state index contributed by atoms with van der Waals surface area (Å²) in [5.74, 6) is -0.215. The highest BCUT2D eigenvalue weighted by Gasteiger charge is 2.24. The van der Waals surface area contributed by atoms with Crippen LogP contribution in [-0.2, 0) is 4.79 Å². The molecule has 21 heavy (non-hydrogen) atoms. The van der Waals surface area contributed by atoms with E-state index in [1.807, 2.05) is 39.0 Å². The van der Waals surface area contributed by atoms with E-state index < -0.39 is 12.1 Å². The van der Waals surface area contributed by atoms with Gasteiger partial charge in [0.1, 0.15) is 5.75 Å². The molecule has 5 nitrogen and oxygen atoms in total. The molecule has 0 bridgehead atoms. The zero-order chi connectivity index (χ0) is 15.8. The van der Waals surface area contributed by atoms with Gasteiger partial charge in [0.2, 0.25) is 0 Å². The van der Waals surface area contributed by atoms with Crippen LogP contribution in [0.4, 0.5) is 0 Å². The minimum Gasteiger partial charge on any atom is -0.493 e. The average molecular weight is 295 g/mol. The largest absolute Gasteiger partial charge is 0.493 e. The van der Waals surface area contributed by atoms with Crippen LogP contribution in [0.15, 0.2) is 18.2 Å². The van der Waals surface area contributed by atoms with Gasteiger partial charge in [-0.15, -0.1) is 0 Å². The van der Waals surface area contributed by atoms with Gasteiger partial charge in [-0.2, -0.15) is 0 Å². The minimum atomic E-state index is -0.862. The Morgan fingerprint density at radius 3 is 2.67 bits per heavy atom. The summed E-state index contributed by atoms with van der Waals surface area (Å²) < 4.78 is 5.56. The first-order valence-electron chi connectivity index (χ1n) is 7.36. The number of benzene rings is 1. The fourth-order valence-electron chi connectivity index (χ4n) is 2.32. The molecule has 0 aliphatic carbocycles. The van der Waals surface area contributed by atoms with Crippen LogP contribution in [-0.4, -0.2) is 35.4 Å². The number of nitrogens with one attached hydrogen (secondary N) is 1. The predicted molar refractivity (Wildman–Crippen MR) is 81.6 cm³/mol. The van der Waals surface area contributed by atoms with Gasteiger partial charge < -0.3 is 20.3 Å². The van der Waals surface area contributed by atoms with Crippen LogP contribution in [0.25, 0.3) is 0 Å². The average Bonchev–Trinajstić information content (AvgIpc) is 2.44. The van der Waals surface area contributed by atoms with E-state index >= 15 is 0 Å². The Balaban J connectivity index is 2.97. The van der Waals surface area contributed by atoms with Gasteiger partial charge in [0, 0.05) is 18.0 Å². The number of rotatable bonds is 9. The Morgan fingerprint density at radius 2 is 2.10 bits per heavy atom. The molecule has 0 spiro atoms. The number of aliphatic hydroxyl groups is 1. The number of hydrogen-bond acceptors (Lipinski definition) is 4. The molecule has 0 aliphatic heterocycles. The van der Waals surface area contributed by atoms with Crippen molar-refractivity contribution in [3.8, 4) is 5.75 Å². The standard InChI is InChI=1S/C16H25NO4/c1-4-17-13(7-9-15(18)19)16(20)12-10-11(3)6-8-14(12)21-5-2/h6,8,10,13,16-17,20H,4-5,7,9H2,1-3H3,(H,18,19). The van der Waals surface area contributed by atoms with Crippen molar-refractivity contribution in [3.05, 3.63) is 29.3 Å². The third kappa shape index (κ3) is 5.36. The van der Waals surface area contributed by atoms with Crippen LogP contribution in [0.5, 0.6) is 5.75 Å². The van der Waals surface area contributed by atoms with E-state index in [0.717, 1.165) is 5.56 Å². The summed E-state index contributed by atoms with van der Waals surface area (Å²) in [5.41, 5.74) is 1.73. The van der Waals surface area contributed by atoms with Crippen molar-refractivity contribution in [2.75, 3.05) is 13.2 Å². The van der Waals surface area contributed by atoms with Crippen LogP contribution in [0.2, 0.25) is 0 Å². The van der Waals surface area contributed by atoms with E-state index in [-0.39, 0.29) is 12.5 Å². The molecule has 0 amide bonds. The molecule has 1 rings (SSSR count). The van der Waals surface area contributed by atoms with Gasteiger partial charge in [-0.3, -0.25) is 4.79 Å². The van der Waals surface area contributed by atoms with Crippen molar-refractivity contribution in [1.29, 1.82) is 0 Å². The lowest BCUT2D eigenvalue weighted by Gasteiger charge is -2.25. The van der Waals surface area contributed by atoms with Crippen LogP contribution >= 0.6 is 0 Å². The highest BCUT2D eigenvalue weighted by molar-refractivity contribution is 5.66. The maximum absolute atomic E-state index is 10.8. The summed E-state index contributed by atoms with van der Waals surface area (Å²) in [4.78, 5) is 10.8. The highest BCUT2D eigenvalue weighted by Crippen LogP contribution is 2.30. The van der Waals surface area contributed by atoms with E-state index in [0.29, 0.717) is 30.9 Å². The topological polar surface area (TPSA) is 78.8 Å². The minimum absolute atomic E-state index is 0.0184. The maximum Gasteiger partial charge on any atom is 0.303 e. The van der Waals surface area contributed by atoms with Crippen LogP contribution in [0.3, 0.4) is 0 Å². The fourth-order valence-corrected chi connectivity index (χ4v) is 2.32. The molecule has 1 aromatic carbocycles. The molecule has 2 atom stereocenters. The first-order valence-corrected chi connectivity index (χ1v) is 7.36. The molecular formula is C16H25NO4. The molecule has 0 aromatic heterocycles. The Hall–Kier alpha value is -1.59. The number of likely N-dealkylation sites (N-methyl/N-ethyl adjacent to an activating group) is 1. The number of carbonyl (C=O) groups is 1. The van der Waals surface area contributed by atoms with Gasteiger partial charge in [0.25, 0.3) is 0 Å². The van der Waals surface area contributed by atoms with Gasteiger partial charge >= 0.3 is 5.97 Å². The first kappa shape index (κ1) is 17.5. The molecular weight excluding hydrogens is 270 g/mol. The summed E-state index contributed by atoms with van der Waals surface area (Å²) in [6, 6.07) is 5.35. The van der Waals surface area contributed by atoms with E-state index in [2.05, 4.69) is 5.32 Å². The molecule has 0 radical (unpaired) electrons. The second-order valence-electron chi connectivity index (χ2n) is 5.02. The second kappa shape index (κ2) is 8.64. The number of aliphatic hydroxyl groups excluding tert-OH is 1. The van der Waals surface area contributed by atoms with Crippen molar-refractivity contribution in [2.45, 2.75) is 45.8 Å². The molecule has 0 heterocycles. The van der Waals surface area contributed by atoms with Crippen LogP contribution in [0, 0.1) is 6.92 Å². The molecule has 1 aromatic rings. The zero-order valence-corrected chi connectivity index (χ0v) is 12.9. The first-order chi connectivity index (χ1) is 9.99. The molecule has 3 N–H and O–H groups in total. The van der Waals surface area contributed by atoms with E-state index in [1.54, 1.807) is 0 Å². The Kier molecular flexibility index (Phi) is 7.19. The SMILES string of the molecule is CCNC(CCC(=O)O)C(O)c1cc(C)ccc1OCC. The molecule has 0 saturated carbocycles. The summed E-state index contributed by atoms with van der Waals surface area (Å²) in [6.45, 7) is 6.95. The van der Waals surface area contributed by atoms with Gasteiger partial charge in [-0.05, 0) is 38.9 Å². The number of carboxylic acids is 1. The van der Waals surface area contributed by atoms with E-state index in [4.69, 9.17) is 9.84 Å². The Labute approximate surface area is 125 Å². The van der Waals surface area contributed by atoms with E-state index in [9.17, 15) is 9.90 Å². The zero-order valence-electron chi connectivity index (χ0n) is 12.9. The molecule has 0 aliphatic rings. The third-order valence-corrected chi connectivity index (χ3v) is 3.30. The summed E-state index contributed by atoms with van der Waals surface area (Å²) in [6.07, 6.45) is -0.417. The van der Waals surface area contributed by atoms with Crippen molar-refractivity contribution in [1.82, 2.24) is 5.32 Å². The monoisotopic (exact) mass is 295 g/mol. The van der Waals surface area contributed by atoms with Gasteiger partial charge in [-0.25, -0.2) is 0 Å². The Morgan fingerprint density at radius 1 is 1.38 bits per heavy atom. The van der Waals surface area contributed by atoms with Crippen molar-refractivity contribution < 1.29 is 19.7 Å².